The molecule has 1 amide bonds. The average Bonchev–Trinajstić information content (AvgIpc) is 2.46. The number of hydrogen-bond acceptors (Lipinski definition) is 4. The summed E-state index contributed by atoms with van der Waals surface area (Å²) in [6.07, 6.45) is -1.00. The van der Waals surface area contributed by atoms with Gasteiger partial charge < -0.3 is 14.8 Å². The molecule has 0 heterocycles. The third kappa shape index (κ3) is 7.24. The maximum atomic E-state index is 12.4. The van der Waals surface area contributed by atoms with Gasteiger partial charge in [0.05, 0.1) is 0 Å². The molecule has 0 aliphatic carbocycles. The van der Waals surface area contributed by atoms with Gasteiger partial charge in [-0.1, -0.05) is 37.6 Å². The fourth-order valence-electron chi connectivity index (χ4n) is 2.78. The van der Waals surface area contributed by atoms with Crippen LogP contribution in [0.1, 0.15) is 59.9 Å². The number of amides is 1. The van der Waals surface area contributed by atoms with Crippen LogP contribution in [0.15, 0.2) is 24.3 Å². The van der Waals surface area contributed by atoms with Crippen LogP contribution in [0, 0.1) is 5.92 Å². The van der Waals surface area contributed by atoms with E-state index in [9.17, 15) is 9.59 Å². The molecule has 0 spiro atoms. The van der Waals surface area contributed by atoms with Crippen molar-refractivity contribution in [1.29, 1.82) is 0 Å². The number of nitrogens with one attached hydrogen (secondary N) is 1. The van der Waals surface area contributed by atoms with Crippen molar-refractivity contribution in [1.82, 2.24) is 5.32 Å². The second kappa shape index (κ2) is 9.26. The Morgan fingerprint density at radius 2 is 1.58 bits per heavy atom. The van der Waals surface area contributed by atoms with Crippen molar-refractivity contribution >= 4 is 23.7 Å². The molecule has 6 heteroatoms. The van der Waals surface area contributed by atoms with Gasteiger partial charge in [0, 0.05) is 10.9 Å². The summed E-state index contributed by atoms with van der Waals surface area (Å²) in [6.45, 7) is 12.9. The Labute approximate surface area is 161 Å². The minimum atomic E-state index is -0.801. The molecule has 0 unspecified atom stereocenters. The number of alkyl carbamates (subject to hydrolysis) is 1. The quantitative estimate of drug-likeness (QED) is 0.707. The van der Waals surface area contributed by atoms with Crippen LogP contribution in [0.3, 0.4) is 0 Å². The Kier molecular flexibility index (Phi) is 7.94. The summed E-state index contributed by atoms with van der Waals surface area (Å²) in [4.78, 5) is 24.2. The number of halogens is 1. The van der Waals surface area contributed by atoms with E-state index in [1.165, 1.54) is 0 Å². The van der Waals surface area contributed by atoms with E-state index in [2.05, 4.69) is 19.2 Å². The zero-order valence-electron chi connectivity index (χ0n) is 16.6. The molecule has 0 saturated carbocycles. The topological polar surface area (TPSA) is 64.6 Å². The highest BCUT2D eigenvalue weighted by atomic mass is 35.5. The van der Waals surface area contributed by atoms with Crippen LogP contribution in [-0.4, -0.2) is 29.8 Å². The van der Waals surface area contributed by atoms with Crippen molar-refractivity contribution in [2.75, 3.05) is 0 Å². The third-order valence-corrected chi connectivity index (χ3v) is 4.12. The fourth-order valence-corrected chi connectivity index (χ4v) is 2.91. The van der Waals surface area contributed by atoms with E-state index >= 15 is 0 Å². The lowest BCUT2D eigenvalue weighted by Crippen LogP contribution is -2.43. The predicted molar refractivity (Wildman–Crippen MR) is 103 cm³/mol. The van der Waals surface area contributed by atoms with Crippen LogP contribution in [-0.2, 0) is 14.3 Å². The Balaban J connectivity index is 2.73. The van der Waals surface area contributed by atoms with E-state index in [0.717, 1.165) is 5.56 Å². The first-order valence-corrected chi connectivity index (χ1v) is 9.24. The zero-order valence-corrected chi connectivity index (χ0v) is 17.4. The Bertz CT molecular complexity index is 607. The molecular weight excluding hydrogens is 354 g/mol. The zero-order chi connectivity index (χ0) is 20.1. The van der Waals surface area contributed by atoms with Crippen molar-refractivity contribution in [2.45, 2.75) is 72.1 Å². The van der Waals surface area contributed by atoms with Gasteiger partial charge in [0.2, 0.25) is 0 Å². The van der Waals surface area contributed by atoms with E-state index in [4.69, 9.17) is 21.1 Å². The monoisotopic (exact) mass is 383 g/mol. The first kappa shape index (κ1) is 22.3. The molecule has 1 aromatic rings. The van der Waals surface area contributed by atoms with Gasteiger partial charge in [-0.25, -0.2) is 9.59 Å². The summed E-state index contributed by atoms with van der Waals surface area (Å²) >= 11 is 5.96. The number of carbonyl (C=O) groups excluding carboxylic acids is 2. The van der Waals surface area contributed by atoms with Crippen LogP contribution in [0.5, 0.6) is 0 Å². The lowest BCUT2D eigenvalue weighted by Gasteiger charge is -2.29. The molecule has 1 aromatic carbocycles. The van der Waals surface area contributed by atoms with Crippen LogP contribution in [0.25, 0.3) is 0 Å². The van der Waals surface area contributed by atoms with Crippen molar-refractivity contribution in [3.63, 3.8) is 0 Å². The lowest BCUT2D eigenvalue weighted by atomic mass is 9.84. The molecule has 0 bridgehead atoms. The fraction of sp³-hybridized carbons (Fsp3) is 0.600. The minimum absolute atomic E-state index is 0.0185. The average molecular weight is 384 g/mol. The molecular formula is C20H30ClNO4. The van der Waals surface area contributed by atoms with Crippen molar-refractivity contribution in [3.05, 3.63) is 34.9 Å². The molecule has 0 aliphatic heterocycles. The third-order valence-electron chi connectivity index (χ3n) is 3.87. The van der Waals surface area contributed by atoms with Crippen LogP contribution in [0.4, 0.5) is 4.79 Å². The van der Waals surface area contributed by atoms with Crippen molar-refractivity contribution < 1.29 is 19.1 Å². The van der Waals surface area contributed by atoms with E-state index < -0.39 is 23.7 Å². The highest BCUT2D eigenvalue weighted by Gasteiger charge is 2.29. The molecule has 0 radical (unpaired) electrons. The first-order valence-electron chi connectivity index (χ1n) is 8.86. The predicted octanol–water partition coefficient (Wildman–Crippen LogP) is 4.92. The Morgan fingerprint density at radius 3 is 2.04 bits per heavy atom. The van der Waals surface area contributed by atoms with Crippen LogP contribution >= 0.6 is 11.6 Å². The maximum Gasteiger partial charge on any atom is 0.408 e. The summed E-state index contributed by atoms with van der Waals surface area (Å²) < 4.78 is 10.8. The number of ether oxygens (including phenoxy) is 2. The summed E-state index contributed by atoms with van der Waals surface area (Å²) in [5.74, 6) is -0.221. The highest BCUT2D eigenvalue weighted by molar-refractivity contribution is 6.30. The van der Waals surface area contributed by atoms with Crippen molar-refractivity contribution in [3.8, 4) is 0 Å². The van der Waals surface area contributed by atoms with Gasteiger partial charge in [-0.3, -0.25) is 0 Å². The normalized spacial score (nSPS) is 15.1. The Morgan fingerprint density at radius 1 is 1.04 bits per heavy atom. The standard InChI is InChI=1S/C20H30ClNO4/c1-12(2)17(15-8-10-16(21)11-9-15)14(4)25-18(23)13(3)22-19(24)26-20(5,6)7/h8-14,17H,1-7H3,(H,22,24)/t13-,14-,17+/m0/s1. The van der Waals surface area contributed by atoms with E-state index in [0.29, 0.717) is 5.02 Å². The summed E-state index contributed by atoms with van der Waals surface area (Å²) in [5.41, 5.74) is 0.427. The lowest BCUT2D eigenvalue weighted by molar-refractivity contribution is -0.152. The smallest absolute Gasteiger partial charge is 0.408 e. The molecule has 0 aliphatic rings. The van der Waals surface area contributed by atoms with Gasteiger partial charge in [0.25, 0.3) is 0 Å². The largest absolute Gasteiger partial charge is 0.460 e. The van der Waals surface area contributed by atoms with E-state index in [-0.39, 0.29) is 17.9 Å². The summed E-state index contributed by atoms with van der Waals surface area (Å²) in [6, 6.07) is 6.74. The van der Waals surface area contributed by atoms with Crippen molar-refractivity contribution in [2.24, 2.45) is 5.92 Å². The number of hydrogen-bond donors (Lipinski definition) is 1. The van der Waals surface area contributed by atoms with Crippen LogP contribution < -0.4 is 5.32 Å². The molecule has 0 fully saturated rings. The van der Waals surface area contributed by atoms with Gasteiger partial charge in [-0.05, 0) is 58.2 Å². The molecule has 3 atom stereocenters. The molecule has 26 heavy (non-hydrogen) atoms. The number of esters is 1. The van der Waals surface area contributed by atoms with Gasteiger partial charge in [-0.15, -0.1) is 0 Å². The second-order valence-electron chi connectivity index (χ2n) is 7.83. The number of carbonyl (C=O) groups is 2. The summed E-state index contributed by atoms with van der Waals surface area (Å²) in [5, 5.41) is 3.17. The molecule has 146 valence electrons. The Hall–Kier alpha value is -1.75. The van der Waals surface area contributed by atoms with Gasteiger partial charge in [0.15, 0.2) is 0 Å². The van der Waals surface area contributed by atoms with E-state index in [1.807, 2.05) is 31.2 Å². The van der Waals surface area contributed by atoms with Gasteiger partial charge in [-0.2, -0.15) is 0 Å². The molecule has 0 aromatic heterocycles. The first-order chi connectivity index (χ1) is 11.9. The highest BCUT2D eigenvalue weighted by Crippen LogP contribution is 2.30. The maximum absolute atomic E-state index is 12.4. The minimum Gasteiger partial charge on any atom is -0.460 e. The molecule has 0 saturated heterocycles. The van der Waals surface area contributed by atoms with Crippen LogP contribution in [0.2, 0.25) is 5.02 Å². The summed E-state index contributed by atoms with van der Waals surface area (Å²) in [7, 11) is 0. The SMILES string of the molecule is CC(C)[C@@H](c1ccc(Cl)cc1)[C@H](C)OC(=O)[C@H](C)NC(=O)OC(C)(C)C. The number of benzene rings is 1. The molecule has 1 rings (SSSR count). The number of rotatable bonds is 6. The van der Waals surface area contributed by atoms with Gasteiger partial charge in [0.1, 0.15) is 17.7 Å². The van der Waals surface area contributed by atoms with E-state index in [1.54, 1.807) is 27.7 Å². The second-order valence-corrected chi connectivity index (χ2v) is 8.27. The molecule has 5 nitrogen and oxygen atoms in total. The molecule has 1 N–H and O–H groups in total. The van der Waals surface area contributed by atoms with Gasteiger partial charge >= 0.3 is 12.1 Å².